The van der Waals surface area contributed by atoms with E-state index in [1.807, 2.05) is 0 Å². The molecule has 120 valence electrons. The van der Waals surface area contributed by atoms with Crippen LogP contribution in [0.25, 0.3) is 0 Å². The molecule has 1 aromatic rings. The highest BCUT2D eigenvalue weighted by Gasteiger charge is 2.17. The quantitative estimate of drug-likeness (QED) is 0.812. The first-order valence-corrected chi connectivity index (χ1v) is 8.16. The fourth-order valence-electron chi connectivity index (χ4n) is 2.91. The van der Waals surface area contributed by atoms with Crippen molar-refractivity contribution in [3.63, 3.8) is 0 Å². The second-order valence-electron chi connectivity index (χ2n) is 7.94. The van der Waals surface area contributed by atoms with E-state index in [1.54, 1.807) is 0 Å². The molecule has 0 saturated heterocycles. The van der Waals surface area contributed by atoms with Gasteiger partial charge >= 0.3 is 0 Å². The molecular formula is C19H34N2. The SMILES string of the molecule is CNC(CN(C)CC(C)(C)C)c1ccc(CC(C)C)cc1. The van der Waals surface area contributed by atoms with Crippen molar-refractivity contribution >= 4 is 0 Å². The number of hydrogen-bond acceptors (Lipinski definition) is 2. The van der Waals surface area contributed by atoms with Crippen LogP contribution in [0.15, 0.2) is 24.3 Å². The van der Waals surface area contributed by atoms with Crippen LogP contribution in [0.4, 0.5) is 0 Å². The molecule has 2 heteroatoms. The Morgan fingerprint density at radius 2 is 1.67 bits per heavy atom. The lowest BCUT2D eigenvalue weighted by Crippen LogP contribution is -2.36. The van der Waals surface area contributed by atoms with E-state index < -0.39 is 0 Å². The predicted octanol–water partition coefficient (Wildman–Crippen LogP) is 4.12. The Morgan fingerprint density at radius 3 is 2.10 bits per heavy atom. The van der Waals surface area contributed by atoms with Gasteiger partial charge in [-0.15, -0.1) is 0 Å². The minimum absolute atomic E-state index is 0.341. The molecule has 0 bridgehead atoms. The average molecular weight is 290 g/mol. The van der Waals surface area contributed by atoms with Gasteiger partial charge in [0.15, 0.2) is 0 Å². The van der Waals surface area contributed by atoms with Crippen LogP contribution in [0.1, 0.15) is 51.8 Å². The summed E-state index contributed by atoms with van der Waals surface area (Å²) in [4.78, 5) is 2.42. The molecule has 21 heavy (non-hydrogen) atoms. The molecule has 0 radical (unpaired) electrons. The maximum Gasteiger partial charge on any atom is 0.0446 e. The Balaban J connectivity index is 2.67. The van der Waals surface area contributed by atoms with Crippen molar-refractivity contribution in [3.8, 4) is 0 Å². The summed E-state index contributed by atoms with van der Waals surface area (Å²) in [5.74, 6) is 0.717. The Labute approximate surface area is 131 Å². The van der Waals surface area contributed by atoms with Crippen LogP contribution in [0.2, 0.25) is 0 Å². The van der Waals surface area contributed by atoms with Crippen LogP contribution < -0.4 is 5.32 Å². The van der Waals surface area contributed by atoms with E-state index in [2.05, 4.69) is 83.2 Å². The predicted molar refractivity (Wildman–Crippen MR) is 93.7 cm³/mol. The number of hydrogen-bond donors (Lipinski definition) is 1. The van der Waals surface area contributed by atoms with Gasteiger partial charge < -0.3 is 10.2 Å². The molecule has 0 amide bonds. The summed E-state index contributed by atoms with van der Waals surface area (Å²) in [7, 11) is 4.26. The van der Waals surface area contributed by atoms with Gasteiger partial charge in [-0.25, -0.2) is 0 Å². The molecule has 1 unspecified atom stereocenters. The summed E-state index contributed by atoms with van der Waals surface area (Å²) < 4.78 is 0. The minimum Gasteiger partial charge on any atom is -0.312 e. The highest BCUT2D eigenvalue weighted by molar-refractivity contribution is 5.25. The summed E-state index contributed by atoms with van der Waals surface area (Å²) in [5.41, 5.74) is 3.16. The van der Waals surface area contributed by atoms with Gasteiger partial charge in [-0.1, -0.05) is 58.9 Å². The van der Waals surface area contributed by atoms with Crippen molar-refractivity contribution < 1.29 is 0 Å². The van der Waals surface area contributed by atoms with Gasteiger partial charge in [-0.2, -0.15) is 0 Å². The first-order chi connectivity index (χ1) is 9.71. The highest BCUT2D eigenvalue weighted by Crippen LogP contribution is 2.19. The maximum atomic E-state index is 3.45. The second-order valence-corrected chi connectivity index (χ2v) is 7.94. The normalized spacial score (nSPS) is 14.0. The Hall–Kier alpha value is -0.860. The van der Waals surface area contributed by atoms with Crippen molar-refractivity contribution in [2.45, 2.75) is 47.1 Å². The van der Waals surface area contributed by atoms with Gasteiger partial charge in [-0.05, 0) is 43.0 Å². The largest absolute Gasteiger partial charge is 0.312 e. The molecule has 0 fully saturated rings. The number of likely N-dealkylation sites (N-methyl/N-ethyl adjacent to an activating group) is 2. The molecule has 0 spiro atoms. The van der Waals surface area contributed by atoms with Gasteiger partial charge in [0, 0.05) is 19.1 Å². The van der Waals surface area contributed by atoms with Gasteiger partial charge in [0.25, 0.3) is 0 Å². The van der Waals surface area contributed by atoms with Gasteiger partial charge in [0.1, 0.15) is 0 Å². The van der Waals surface area contributed by atoms with E-state index in [1.165, 1.54) is 11.1 Å². The van der Waals surface area contributed by atoms with Gasteiger partial charge in [-0.3, -0.25) is 0 Å². The molecular weight excluding hydrogens is 256 g/mol. The second kappa shape index (κ2) is 7.95. The third kappa shape index (κ3) is 7.10. The maximum absolute atomic E-state index is 3.45. The molecule has 0 aliphatic rings. The topological polar surface area (TPSA) is 15.3 Å². The molecule has 0 aliphatic heterocycles. The first-order valence-electron chi connectivity index (χ1n) is 8.16. The fraction of sp³-hybridized carbons (Fsp3) is 0.684. The van der Waals surface area contributed by atoms with E-state index in [-0.39, 0.29) is 0 Å². The van der Waals surface area contributed by atoms with Crippen LogP contribution in [0.3, 0.4) is 0 Å². The van der Waals surface area contributed by atoms with Crippen LogP contribution in [0.5, 0.6) is 0 Å². The minimum atomic E-state index is 0.341. The molecule has 1 N–H and O–H groups in total. The number of benzene rings is 1. The standard InChI is InChI=1S/C19H34N2/c1-15(2)12-16-8-10-17(11-9-16)18(20-6)13-21(7)14-19(3,4)5/h8-11,15,18,20H,12-14H2,1-7H3. The van der Waals surface area contributed by atoms with Crippen molar-refractivity contribution in [2.75, 3.05) is 27.2 Å². The van der Waals surface area contributed by atoms with E-state index in [4.69, 9.17) is 0 Å². The highest BCUT2D eigenvalue weighted by atomic mass is 15.1. The third-order valence-corrected chi connectivity index (χ3v) is 3.61. The Bertz CT molecular complexity index is 401. The lowest BCUT2D eigenvalue weighted by molar-refractivity contribution is 0.210. The molecule has 0 saturated carbocycles. The van der Waals surface area contributed by atoms with Gasteiger partial charge in [0.2, 0.25) is 0 Å². The summed E-state index contributed by atoms with van der Waals surface area (Å²) in [6.45, 7) is 13.6. The van der Waals surface area contributed by atoms with E-state index >= 15 is 0 Å². The van der Waals surface area contributed by atoms with Crippen molar-refractivity contribution in [1.29, 1.82) is 0 Å². The van der Waals surface area contributed by atoms with E-state index in [9.17, 15) is 0 Å². The monoisotopic (exact) mass is 290 g/mol. The van der Waals surface area contributed by atoms with E-state index in [0.717, 1.165) is 19.5 Å². The van der Waals surface area contributed by atoms with Crippen LogP contribution in [-0.2, 0) is 6.42 Å². The van der Waals surface area contributed by atoms with Crippen molar-refractivity contribution in [3.05, 3.63) is 35.4 Å². The zero-order valence-corrected chi connectivity index (χ0v) is 15.0. The van der Waals surface area contributed by atoms with E-state index in [0.29, 0.717) is 17.4 Å². The smallest absolute Gasteiger partial charge is 0.0446 e. The number of rotatable bonds is 7. The third-order valence-electron chi connectivity index (χ3n) is 3.61. The zero-order valence-electron chi connectivity index (χ0n) is 15.0. The molecule has 1 aromatic carbocycles. The zero-order chi connectivity index (χ0) is 16.0. The number of nitrogens with zero attached hydrogens (tertiary/aromatic N) is 1. The average Bonchev–Trinajstić information content (AvgIpc) is 2.34. The Morgan fingerprint density at radius 1 is 1.10 bits per heavy atom. The molecule has 0 aliphatic carbocycles. The lowest BCUT2D eigenvalue weighted by atomic mass is 9.95. The summed E-state index contributed by atoms with van der Waals surface area (Å²) in [6, 6.07) is 9.52. The molecule has 2 nitrogen and oxygen atoms in total. The summed E-state index contributed by atoms with van der Waals surface area (Å²) in [5, 5.41) is 3.45. The molecule has 0 heterocycles. The Kier molecular flexibility index (Phi) is 6.89. The summed E-state index contributed by atoms with van der Waals surface area (Å²) in [6.07, 6.45) is 1.16. The molecule has 0 aromatic heterocycles. The first kappa shape index (κ1) is 18.2. The fourth-order valence-corrected chi connectivity index (χ4v) is 2.91. The number of nitrogens with one attached hydrogen (secondary N) is 1. The molecule has 1 atom stereocenters. The summed E-state index contributed by atoms with van der Waals surface area (Å²) >= 11 is 0. The van der Waals surface area contributed by atoms with Crippen molar-refractivity contribution in [2.24, 2.45) is 11.3 Å². The van der Waals surface area contributed by atoms with Crippen LogP contribution >= 0.6 is 0 Å². The van der Waals surface area contributed by atoms with Crippen molar-refractivity contribution in [1.82, 2.24) is 10.2 Å². The lowest BCUT2D eigenvalue weighted by Gasteiger charge is -2.30. The molecule has 1 rings (SSSR count). The van der Waals surface area contributed by atoms with Crippen LogP contribution in [0, 0.1) is 11.3 Å². The van der Waals surface area contributed by atoms with Crippen LogP contribution in [-0.4, -0.2) is 32.1 Å². The van der Waals surface area contributed by atoms with Gasteiger partial charge in [0.05, 0.1) is 0 Å².